The molecule has 0 bridgehead atoms. The Hall–Kier alpha value is -3.64. The largest absolute Gasteiger partial charge is 0.0622 e. The van der Waals surface area contributed by atoms with Crippen molar-refractivity contribution in [3.05, 3.63) is 132 Å². The number of benzene rings is 5. The molecule has 0 fully saturated rings. The van der Waals surface area contributed by atoms with Crippen molar-refractivity contribution in [3.63, 3.8) is 0 Å². The number of hydrogen-bond donors (Lipinski definition) is 0. The van der Waals surface area contributed by atoms with Crippen molar-refractivity contribution in [2.24, 2.45) is 0 Å². The van der Waals surface area contributed by atoms with Gasteiger partial charge in [0.15, 0.2) is 0 Å². The van der Waals surface area contributed by atoms with Crippen LogP contribution in [0.1, 0.15) is 16.7 Å². The lowest BCUT2D eigenvalue weighted by molar-refractivity contribution is 1.58. The average molecular weight is 356 g/mol. The van der Waals surface area contributed by atoms with Crippen LogP contribution in [-0.4, -0.2) is 0 Å². The van der Waals surface area contributed by atoms with Crippen LogP contribution in [0.4, 0.5) is 0 Å². The monoisotopic (exact) mass is 356 g/mol. The van der Waals surface area contributed by atoms with Crippen LogP contribution in [0.3, 0.4) is 0 Å². The van der Waals surface area contributed by atoms with Crippen molar-refractivity contribution in [3.8, 4) is 0 Å². The van der Waals surface area contributed by atoms with Crippen molar-refractivity contribution in [2.45, 2.75) is 0 Å². The van der Waals surface area contributed by atoms with E-state index in [2.05, 4.69) is 121 Å². The third-order valence-electron chi connectivity index (χ3n) is 5.23. The molecule has 0 radical (unpaired) electrons. The molecule has 0 spiro atoms. The second kappa shape index (κ2) is 7.17. The van der Waals surface area contributed by atoms with Crippen LogP contribution in [-0.2, 0) is 0 Å². The van der Waals surface area contributed by atoms with Crippen LogP contribution in [0, 0.1) is 0 Å². The zero-order valence-electron chi connectivity index (χ0n) is 15.5. The molecule has 0 amide bonds. The first-order valence-electron chi connectivity index (χ1n) is 9.62. The Labute approximate surface area is 165 Å². The number of hydrogen-bond acceptors (Lipinski definition) is 0. The molecule has 0 atom stereocenters. The van der Waals surface area contributed by atoms with E-state index in [1.165, 1.54) is 43.8 Å². The Morgan fingerprint density at radius 3 is 1.86 bits per heavy atom. The highest BCUT2D eigenvalue weighted by Crippen LogP contribution is 2.33. The van der Waals surface area contributed by atoms with Crippen molar-refractivity contribution < 1.29 is 0 Å². The predicted molar refractivity (Wildman–Crippen MR) is 121 cm³/mol. The molecule has 0 aliphatic rings. The van der Waals surface area contributed by atoms with Gasteiger partial charge in [-0.1, -0.05) is 103 Å². The fraction of sp³-hybridized carbons (Fsp3) is 0. The summed E-state index contributed by atoms with van der Waals surface area (Å²) < 4.78 is 0. The summed E-state index contributed by atoms with van der Waals surface area (Å²) in [6.45, 7) is 0. The summed E-state index contributed by atoms with van der Waals surface area (Å²) in [4.78, 5) is 0. The highest BCUT2D eigenvalue weighted by Gasteiger charge is 2.10. The fourth-order valence-corrected chi connectivity index (χ4v) is 3.85. The Morgan fingerprint density at radius 1 is 0.500 bits per heavy atom. The van der Waals surface area contributed by atoms with E-state index < -0.39 is 0 Å². The Kier molecular flexibility index (Phi) is 4.23. The average Bonchev–Trinajstić information content (AvgIpc) is 2.77. The summed E-state index contributed by atoms with van der Waals surface area (Å²) in [5.41, 5.74) is 4.94. The van der Waals surface area contributed by atoms with Gasteiger partial charge in [0, 0.05) is 0 Å². The molecule has 0 aliphatic heterocycles. The first kappa shape index (κ1) is 16.5. The maximum Gasteiger partial charge on any atom is -0.00988 e. The van der Waals surface area contributed by atoms with E-state index in [0.717, 1.165) is 0 Å². The second-order valence-corrected chi connectivity index (χ2v) is 7.06. The predicted octanol–water partition coefficient (Wildman–Crippen LogP) is 7.58. The molecule has 0 heterocycles. The summed E-state index contributed by atoms with van der Waals surface area (Å²) in [7, 11) is 0. The highest BCUT2D eigenvalue weighted by atomic mass is 14.1. The van der Waals surface area contributed by atoms with E-state index in [-0.39, 0.29) is 0 Å². The van der Waals surface area contributed by atoms with Gasteiger partial charge >= 0.3 is 0 Å². The van der Waals surface area contributed by atoms with Gasteiger partial charge in [-0.3, -0.25) is 0 Å². The third kappa shape index (κ3) is 3.10. The molecule has 5 aromatic carbocycles. The number of rotatable bonds is 3. The summed E-state index contributed by atoms with van der Waals surface area (Å²) in [6, 6.07) is 41.0. The van der Waals surface area contributed by atoms with E-state index in [0.29, 0.717) is 0 Å². The van der Waals surface area contributed by atoms with E-state index in [1.807, 2.05) is 0 Å². The molecule has 0 heteroatoms. The van der Waals surface area contributed by atoms with Crippen LogP contribution in [0.15, 0.2) is 115 Å². The number of fused-ring (bicyclic) bond motifs is 2. The second-order valence-electron chi connectivity index (χ2n) is 7.06. The Morgan fingerprint density at radius 2 is 1.11 bits per heavy atom. The van der Waals surface area contributed by atoms with Crippen LogP contribution in [0.5, 0.6) is 0 Å². The molecule has 5 aromatic rings. The maximum atomic E-state index is 2.32. The van der Waals surface area contributed by atoms with E-state index >= 15 is 0 Å². The minimum atomic E-state index is 1.21. The smallest absolute Gasteiger partial charge is 0.00988 e. The summed E-state index contributed by atoms with van der Waals surface area (Å²) >= 11 is 0. The molecule has 0 unspecified atom stereocenters. The van der Waals surface area contributed by atoms with Crippen LogP contribution < -0.4 is 0 Å². The zero-order chi connectivity index (χ0) is 18.8. The van der Waals surface area contributed by atoms with E-state index in [1.54, 1.807) is 0 Å². The molecular weight excluding hydrogens is 336 g/mol. The molecule has 132 valence electrons. The normalized spacial score (nSPS) is 11.8. The molecular formula is C28H20. The summed E-state index contributed by atoms with van der Waals surface area (Å²) in [6.07, 6.45) is 2.29. The first-order chi connectivity index (χ1) is 13.9. The lowest BCUT2D eigenvalue weighted by Crippen LogP contribution is -1.91. The molecule has 0 aromatic heterocycles. The van der Waals surface area contributed by atoms with E-state index in [9.17, 15) is 0 Å². The van der Waals surface area contributed by atoms with Gasteiger partial charge in [0.2, 0.25) is 0 Å². The molecule has 28 heavy (non-hydrogen) atoms. The standard InChI is InChI=1S/C28H20/c1-3-10-21(11-4-1)18-27(22-12-5-2-6-13-22)26-17-9-16-25-19-23-14-7-8-15-24(23)20-28(25)26/h1-20H. The highest BCUT2D eigenvalue weighted by molar-refractivity contribution is 6.07. The van der Waals surface area contributed by atoms with Gasteiger partial charge in [0.25, 0.3) is 0 Å². The summed E-state index contributed by atoms with van der Waals surface area (Å²) in [5, 5.41) is 5.10. The summed E-state index contributed by atoms with van der Waals surface area (Å²) in [5.74, 6) is 0. The van der Waals surface area contributed by atoms with E-state index in [4.69, 9.17) is 0 Å². The Balaban J connectivity index is 1.80. The molecule has 0 saturated heterocycles. The minimum absolute atomic E-state index is 1.21. The van der Waals surface area contributed by atoms with Crippen molar-refractivity contribution in [1.82, 2.24) is 0 Å². The quantitative estimate of drug-likeness (QED) is 0.231. The molecule has 5 rings (SSSR count). The first-order valence-corrected chi connectivity index (χ1v) is 9.62. The lowest BCUT2D eigenvalue weighted by Gasteiger charge is -2.13. The van der Waals surface area contributed by atoms with Crippen LogP contribution in [0.25, 0.3) is 33.2 Å². The SMILES string of the molecule is C(=C(c1ccccc1)c1cccc2cc3ccccc3cc12)c1ccccc1. The van der Waals surface area contributed by atoms with Gasteiger partial charge < -0.3 is 0 Å². The lowest BCUT2D eigenvalue weighted by atomic mass is 9.90. The Bertz CT molecular complexity index is 1280. The van der Waals surface area contributed by atoms with Gasteiger partial charge in [-0.05, 0) is 62.0 Å². The molecule has 0 saturated carbocycles. The van der Waals surface area contributed by atoms with Crippen molar-refractivity contribution in [1.29, 1.82) is 0 Å². The van der Waals surface area contributed by atoms with Crippen LogP contribution in [0.2, 0.25) is 0 Å². The van der Waals surface area contributed by atoms with Gasteiger partial charge in [0.05, 0.1) is 0 Å². The fourth-order valence-electron chi connectivity index (χ4n) is 3.85. The van der Waals surface area contributed by atoms with Crippen molar-refractivity contribution in [2.75, 3.05) is 0 Å². The molecule has 0 nitrogen and oxygen atoms in total. The zero-order valence-corrected chi connectivity index (χ0v) is 15.5. The van der Waals surface area contributed by atoms with Gasteiger partial charge in [-0.25, -0.2) is 0 Å². The third-order valence-corrected chi connectivity index (χ3v) is 5.23. The minimum Gasteiger partial charge on any atom is -0.0622 e. The van der Waals surface area contributed by atoms with Crippen LogP contribution >= 0.6 is 0 Å². The van der Waals surface area contributed by atoms with Gasteiger partial charge in [-0.2, -0.15) is 0 Å². The van der Waals surface area contributed by atoms with Crippen molar-refractivity contribution >= 4 is 33.2 Å². The topological polar surface area (TPSA) is 0 Å². The molecule has 0 aliphatic carbocycles. The maximum absolute atomic E-state index is 2.32. The van der Waals surface area contributed by atoms with Gasteiger partial charge in [-0.15, -0.1) is 0 Å². The molecule has 0 N–H and O–H groups in total. The van der Waals surface area contributed by atoms with Gasteiger partial charge in [0.1, 0.15) is 0 Å².